The Hall–Kier alpha value is -2.02. The van der Waals surface area contributed by atoms with Crippen LogP contribution in [0.5, 0.6) is 5.88 Å². The molecule has 84 valence electrons. The van der Waals surface area contributed by atoms with Gasteiger partial charge in [0.2, 0.25) is 11.7 Å². The maximum atomic E-state index is 9.21. The smallest absolute Gasteiger partial charge is 0.255 e. The summed E-state index contributed by atoms with van der Waals surface area (Å²) in [6, 6.07) is 3.29. The van der Waals surface area contributed by atoms with E-state index in [4.69, 9.17) is 9.26 Å². The first kappa shape index (κ1) is 10.5. The zero-order chi connectivity index (χ0) is 11.5. The molecule has 0 amide bonds. The average molecular weight is 222 g/mol. The number of methoxy groups -OCH3 is 1. The molecule has 0 aliphatic rings. The summed E-state index contributed by atoms with van der Waals surface area (Å²) in [6.45, 7) is 1.54. The van der Waals surface area contributed by atoms with Gasteiger partial charge in [0.05, 0.1) is 7.11 Å². The highest BCUT2D eigenvalue weighted by molar-refractivity contribution is 5.47. The Bertz CT molecular complexity index is 466. The Morgan fingerprint density at radius 3 is 2.69 bits per heavy atom. The highest BCUT2D eigenvalue weighted by Crippen LogP contribution is 2.16. The van der Waals surface area contributed by atoms with E-state index in [0.717, 1.165) is 0 Å². The van der Waals surface area contributed by atoms with Gasteiger partial charge in [0, 0.05) is 6.07 Å². The highest BCUT2D eigenvalue weighted by atomic mass is 16.5. The minimum atomic E-state index is -0.799. The molecular formula is C9H10N4O3. The molecule has 2 aromatic heterocycles. The monoisotopic (exact) mass is 222 g/mol. The van der Waals surface area contributed by atoms with Crippen molar-refractivity contribution >= 4 is 0 Å². The summed E-state index contributed by atoms with van der Waals surface area (Å²) in [5.74, 6) is 0.835. The molecule has 0 fully saturated rings. The van der Waals surface area contributed by atoms with Gasteiger partial charge >= 0.3 is 0 Å². The van der Waals surface area contributed by atoms with Crippen LogP contribution in [0.1, 0.15) is 18.9 Å². The van der Waals surface area contributed by atoms with Gasteiger partial charge < -0.3 is 14.4 Å². The van der Waals surface area contributed by atoms with Crippen molar-refractivity contribution in [3.05, 3.63) is 18.0 Å². The highest BCUT2D eigenvalue weighted by Gasteiger charge is 2.13. The van der Waals surface area contributed by atoms with Crippen molar-refractivity contribution in [1.29, 1.82) is 0 Å². The Labute approximate surface area is 91.1 Å². The fourth-order valence-corrected chi connectivity index (χ4v) is 1.06. The third-order valence-electron chi connectivity index (χ3n) is 1.88. The van der Waals surface area contributed by atoms with E-state index in [1.54, 1.807) is 12.1 Å². The van der Waals surface area contributed by atoms with Crippen molar-refractivity contribution in [2.75, 3.05) is 7.11 Å². The molecule has 0 saturated heterocycles. The summed E-state index contributed by atoms with van der Waals surface area (Å²) >= 11 is 0. The zero-order valence-corrected chi connectivity index (χ0v) is 8.78. The van der Waals surface area contributed by atoms with Gasteiger partial charge in [0.1, 0.15) is 11.8 Å². The molecule has 2 heterocycles. The lowest BCUT2D eigenvalue weighted by molar-refractivity contribution is 0.152. The van der Waals surface area contributed by atoms with Gasteiger partial charge in [-0.15, -0.1) is 10.2 Å². The fraction of sp³-hybridized carbons (Fsp3) is 0.333. The van der Waals surface area contributed by atoms with Crippen molar-refractivity contribution in [1.82, 2.24) is 20.3 Å². The number of aliphatic hydroxyl groups excluding tert-OH is 1. The van der Waals surface area contributed by atoms with Gasteiger partial charge in [-0.25, -0.2) is 0 Å². The Kier molecular flexibility index (Phi) is 2.78. The van der Waals surface area contributed by atoms with Gasteiger partial charge in [-0.3, -0.25) is 0 Å². The molecule has 1 N–H and O–H groups in total. The number of hydrogen-bond acceptors (Lipinski definition) is 7. The van der Waals surface area contributed by atoms with Crippen LogP contribution in [0.15, 0.2) is 16.7 Å². The van der Waals surface area contributed by atoms with Crippen LogP contribution < -0.4 is 4.74 Å². The lowest BCUT2D eigenvalue weighted by Gasteiger charge is -1.96. The van der Waals surface area contributed by atoms with E-state index >= 15 is 0 Å². The van der Waals surface area contributed by atoms with Crippen molar-refractivity contribution in [3.8, 4) is 17.4 Å². The maximum absolute atomic E-state index is 9.21. The van der Waals surface area contributed by atoms with E-state index in [1.807, 2.05) is 0 Å². The van der Waals surface area contributed by atoms with Crippen LogP contribution in [0.2, 0.25) is 0 Å². The Morgan fingerprint density at radius 2 is 2.19 bits per heavy atom. The van der Waals surface area contributed by atoms with Crippen molar-refractivity contribution in [3.63, 3.8) is 0 Å². The lowest BCUT2D eigenvalue weighted by atomic mass is 10.3. The molecule has 1 unspecified atom stereocenters. The number of nitrogens with zero attached hydrogens (tertiary/aromatic N) is 4. The molecule has 0 spiro atoms. The molecule has 0 aliphatic heterocycles. The molecule has 0 bridgehead atoms. The van der Waals surface area contributed by atoms with Crippen molar-refractivity contribution in [2.24, 2.45) is 0 Å². The molecule has 1 atom stereocenters. The van der Waals surface area contributed by atoms with Crippen LogP contribution in [0.3, 0.4) is 0 Å². The normalized spacial score (nSPS) is 12.4. The van der Waals surface area contributed by atoms with E-state index in [-0.39, 0.29) is 11.7 Å². The summed E-state index contributed by atoms with van der Waals surface area (Å²) in [6.07, 6.45) is -0.799. The molecule has 0 aliphatic carbocycles. The van der Waals surface area contributed by atoms with Crippen LogP contribution >= 0.6 is 0 Å². The van der Waals surface area contributed by atoms with Crippen LogP contribution in [0, 0.1) is 0 Å². The number of aromatic nitrogens is 4. The van der Waals surface area contributed by atoms with E-state index in [1.165, 1.54) is 14.0 Å². The largest absolute Gasteiger partial charge is 0.480 e. The van der Waals surface area contributed by atoms with Crippen molar-refractivity contribution in [2.45, 2.75) is 13.0 Å². The third-order valence-corrected chi connectivity index (χ3v) is 1.88. The van der Waals surface area contributed by atoms with Gasteiger partial charge in [-0.1, -0.05) is 5.16 Å². The predicted molar refractivity (Wildman–Crippen MR) is 52.5 cm³/mol. The van der Waals surface area contributed by atoms with Crippen molar-refractivity contribution < 1.29 is 14.4 Å². The zero-order valence-electron chi connectivity index (χ0n) is 8.78. The van der Waals surface area contributed by atoms with E-state index in [2.05, 4.69) is 20.3 Å². The van der Waals surface area contributed by atoms with Gasteiger partial charge in [-0.05, 0) is 13.0 Å². The van der Waals surface area contributed by atoms with Crippen LogP contribution in [-0.4, -0.2) is 32.6 Å². The third kappa shape index (κ3) is 1.98. The van der Waals surface area contributed by atoms with E-state index < -0.39 is 6.10 Å². The second-order valence-corrected chi connectivity index (χ2v) is 3.09. The Morgan fingerprint density at radius 1 is 1.38 bits per heavy atom. The second kappa shape index (κ2) is 4.23. The molecular weight excluding hydrogens is 212 g/mol. The molecule has 0 radical (unpaired) electrons. The molecule has 0 saturated carbocycles. The summed E-state index contributed by atoms with van der Waals surface area (Å²) in [4.78, 5) is 3.96. The average Bonchev–Trinajstić information content (AvgIpc) is 2.78. The standard InChI is InChI=1S/C9H10N4O3/c1-5(14)9-10-8(13-16-9)6-3-4-7(15-2)12-11-6/h3-5,14H,1-2H3. The first-order valence-corrected chi connectivity index (χ1v) is 4.60. The van der Waals surface area contributed by atoms with Crippen LogP contribution in [0.4, 0.5) is 0 Å². The first-order chi connectivity index (χ1) is 7.70. The van der Waals surface area contributed by atoms with Gasteiger partial charge in [-0.2, -0.15) is 4.98 Å². The maximum Gasteiger partial charge on any atom is 0.255 e. The van der Waals surface area contributed by atoms with Crippen LogP contribution in [-0.2, 0) is 0 Å². The van der Waals surface area contributed by atoms with Crippen LogP contribution in [0.25, 0.3) is 11.5 Å². The quantitative estimate of drug-likeness (QED) is 0.811. The topological polar surface area (TPSA) is 94.2 Å². The summed E-state index contributed by atoms with van der Waals surface area (Å²) in [5.41, 5.74) is 0.455. The molecule has 7 heteroatoms. The molecule has 16 heavy (non-hydrogen) atoms. The number of ether oxygens (including phenoxy) is 1. The number of hydrogen-bond donors (Lipinski definition) is 1. The summed E-state index contributed by atoms with van der Waals surface area (Å²) < 4.78 is 9.70. The molecule has 2 aromatic rings. The molecule has 0 aromatic carbocycles. The lowest BCUT2D eigenvalue weighted by Crippen LogP contribution is -1.94. The second-order valence-electron chi connectivity index (χ2n) is 3.09. The molecule has 2 rings (SSSR count). The fourth-order valence-electron chi connectivity index (χ4n) is 1.06. The SMILES string of the molecule is COc1ccc(-c2noc(C(C)O)n2)nn1. The van der Waals surface area contributed by atoms with Gasteiger partial charge in [0.25, 0.3) is 5.89 Å². The first-order valence-electron chi connectivity index (χ1n) is 4.60. The summed E-state index contributed by atoms with van der Waals surface area (Å²) in [7, 11) is 1.50. The minimum Gasteiger partial charge on any atom is -0.480 e. The van der Waals surface area contributed by atoms with Gasteiger partial charge in [0.15, 0.2) is 0 Å². The Balaban J connectivity index is 2.28. The predicted octanol–water partition coefficient (Wildman–Crippen LogP) is 0.588. The van der Waals surface area contributed by atoms with E-state index in [9.17, 15) is 5.11 Å². The molecule has 7 nitrogen and oxygen atoms in total. The van der Waals surface area contributed by atoms with E-state index in [0.29, 0.717) is 11.6 Å². The number of aliphatic hydroxyl groups is 1. The number of rotatable bonds is 3. The minimum absolute atomic E-state index is 0.146. The summed E-state index contributed by atoms with van der Waals surface area (Å²) in [5, 5.41) is 20.5.